The van der Waals surface area contributed by atoms with E-state index in [2.05, 4.69) is 30.8 Å². The van der Waals surface area contributed by atoms with Crippen LogP contribution in [0.4, 0.5) is 4.79 Å². The maximum absolute atomic E-state index is 11.1. The van der Waals surface area contributed by atoms with E-state index in [-0.39, 0.29) is 11.1 Å². The Balaban J connectivity index is 3.95. The summed E-state index contributed by atoms with van der Waals surface area (Å²) in [4.78, 5) is 11.1. The normalized spacial score (nSPS) is 12.4. The maximum Gasteiger partial charge on any atom is 0.407 e. The number of hydrogen-bond donors (Lipinski definition) is 1. The summed E-state index contributed by atoms with van der Waals surface area (Å²) >= 11 is 0. The zero-order chi connectivity index (χ0) is 12.8. The molecule has 0 heterocycles. The Labute approximate surface area is 98.7 Å². The minimum absolute atomic E-state index is 0.0959. The number of hydrogen-bond acceptors (Lipinski definition) is 3. The van der Waals surface area contributed by atoms with Gasteiger partial charge in [-0.2, -0.15) is 0 Å². The molecule has 0 saturated carbocycles. The van der Waals surface area contributed by atoms with Crippen molar-refractivity contribution in [1.82, 2.24) is 5.32 Å². The Morgan fingerprint density at radius 3 is 2.25 bits per heavy atom. The number of carbonyl (C=O) groups excluding carboxylic acids is 1. The van der Waals surface area contributed by atoms with Crippen LogP contribution in [0.15, 0.2) is 0 Å². The minimum atomic E-state index is -0.403. The van der Waals surface area contributed by atoms with E-state index in [1.165, 1.54) is 7.11 Å². The van der Waals surface area contributed by atoms with Gasteiger partial charge >= 0.3 is 6.09 Å². The van der Waals surface area contributed by atoms with Gasteiger partial charge in [-0.25, -0.2) is 4.79 Å². The van der Waals surface area contributed by atoms with Crippen molar-refractivity contribution in [2.24, 2.45) is 0 Å². The molecule has 0 unspecified atom stereocenters. The lowest BCUT2D eigenvalue weighted by molar-refractivity contribution is -0.0273. The van der Waals surface area contributed by atoms with Crippen LogP contribution in [0, 0.1) is 0 Å². The van der Waals surface area contributed by atoms with Crippen molar-refractivity contribution < 1.29 is 14.3 Å². The minimum Gasteiger partial charge on any atom is -0.453 e. The smallest absolute Gasteiger partial charge is 0.407 e. The van der Waals surface area contributed by atoms with E-state index in [1.54, 1.807) is 0 Å². The van der Waals surface area contributed by atoms with Crippen molar-refractivity contribution in [3.63, 3.8) is 0 Å². The summed E-state index contributed by atoms with van der Waals surface area (Å²) in [6.07, 6.45) is 1.32. The molecule has 0 aromatic heterocycles. The van der Waals surface area contributed by atoms with Crippen molar-refractivity contribution in [2.75, 3.05) is 13.7 Å². The predicted molar refractivity (Wildman–Crippen MR) is 64.6 cm³/mol. The molecule has 4 nitrogen and oxygen atoms in total. The van der Waals surface area contributed by atoms with Crippen molar-refractivity contribution in [2.45, 2.75) is 58.6 Å². The standard InChI is InChI=1S/C12H25NO3/c1-7-12(4,5)16-9-8-11(2,3)13-10(14)15-6/h7-9H2,1-6H3,(H,13,14). The summed E-state index contributed by atoms with van der Waals surface area (Å²) in [7, 11) is 1.36. The highest BCUT2D eigenvalue weighted by Crippen LogP contribution is 2.16. The van der Waals surface area contributed by atoms with E-state index in [0.717, 1.165) is 12.8 Å². The molecule has 0 rings (SSSR count). The molecule has 0 aromatic carbocycles. The Morgan fingerprint density at radius 2 is 1.81 bits per heavy atom. The van der Waals surface area contributed by atoms with Gasteiger partial charge in [0.15, 0.2) is 0 Å². The van der Waals surface area contributed by atoms with Crippen LogP contribution >= 0.6 is 0 Å². The first-order valence-electron chi connectivity index (χ1n) is 5.72. The van der Waals surface area contributed by atoms with Crippen molar-refractivity contribution in [3.05, 3.63) is 0 Å². The molecule has 0 fully saturated rings. The van der Waals surface area contributed by atoms with Crippen molar-refractivity contribution in [3.8, 4) is 0 Å². The average Bonchev–Trinajstić information content (AvgIpc) is 2.16. The van der Waals surface area contributed by atoms with Gasteiger partial charge < -0.3 is 14.8 Å². The van der Waals surface area contributed by atoms with Gasteiger partial charge in [-0.1, -0.05) is 6.92 Å². The van der Waals surface area contributed by atoms with Crippen molar-refractivity contribution in [1.29, 1.82) is 0 Å². The van der Waals surface area contributed by atoms with Crippen LogP contribution in [-0.2, 0) is 9.47 Å². The monoisotopic (exact) mass is 231 g/mol. The molecule has 0 radical (unpaired) electrons. The van der Waals surface area contributed by atoms with Crippen LogP contribution in [0.1, 0.15) is 47.5 Å². The first-order chi connectivity index (χ1) is 7.22. The predicted octanol–water partition coefficient (Wildman–Crippen LogP) is 2.72. The molecule has 1 N–H and O–H groups in total. The number of methoxy groups -OCH3 is 1. The molecule has 1 amide bonds. The van der Waals surface area contributed by atoms with Crippen LogP contribution in [-0.4, -0.2) is 30.9 Å². The van der Waals surface area contributed by atoms with Crippen LogP contribution in [0.3, 0.4) is 0 Å². The summed E-state index contributed by atoms with van der Waals surface area (Å²) in [5, 5.41) is 2.77. The average molecular weight is 231 g/mol. The maximum atomic E-state index is 11.1. The number of alkyl carbamates (subject to hydrolysis) is 1. The number of nitrogens with one attached hydrogen (secondary N) is 1. The fourth-order valence-corrected chi connectivity index (χ4v) is 1.07. The zero-order valence-electron chi connectivity index (χ0n) is 11.3. The molecule has 0 aromatic rings. The Kier molecular flexibility index (Phi) is 5.79. The van der Waals surface area contributed by atoms with Crippen LogP contribution in [0.2, 0.25) is 0 Å². The highest BCUT2D eigenvalue weighted by molar-refractivity contribution is 5.67. The van der Waals surface area contributed by atoms with E-state index in [0.29, 0.717) is 6.61 Å². The lowest BCUT2D eigenvalue weighted by Crippen LogP contribution is -2.44. The molecule has 0 aliphatic rings. The molecule has 0 aliphatic carbocycles. The Morgan fingerprint density at radius 1 is 1.25 bits per heavy atom. The molecule has 0 spiro atoms. The largest absolute Gasteiger partial charge is 0.453 e. The quantitative estimate of drug-likeness (QED) is 0.764. The number of ether oxygens (including phenoxy) is 2. The second-order valence-corrected chi connectivity index (χ2v) is 5.21. The first-order valence-corrected chi connectivity index (χ1v) is 5.72. The molecular weight excluding hydrogens is 206 g/mol. The molecule has 0 bridgehead atoms. The van der Waals surface area contributed by atoms with E-state index in [4.69, 9.17) is 4.74 Å². The third-order valence-electron chi connectivity index (χ3n) is 2.70. The van der Waals surface area contributed by atoms with Gasteiger partial charge in [-0.3, -0.25) is 0 Å². The van der Waals surface area contributed by atoms with Gasteiger partial charge in [0, 0.05) is 12.1 Å². The molecule has 16 heavy (non-hydrogen) atoms. The summed E-state index contributed by atoms with van der Waals surface area (Å²) < 4.78 is 10.3. The topological polar surface area (TPSA) is 47.6 Å². The van der Waals surface area contributed by atoms with Gasteiger partial charge in [-0.15, -0.1) is 0 Å². The number of carbonyl (C=O) groups is 1. The second-order valence-electron chi connectivity index (χ2n) is 5.21. The fraction of sp³-hybridized carbons (Fsp3) is 0.917. The van der Waals surface area contributed by atoms with E-state index in [1.807, 2.05) is 13.8 Å². The molecular formula is C12H25NO3. The van der Waals surface area contributed by atoms with Crippen molar-refractivity contribution >= 4 is 6.09 Å². The van der Waals surface area contributed by atoms with E-state index >= 15 is 0 Å². The highest BCUT2D eigenvalue weighted by Gasteiger charge is 2.22. The Hall–Kier alpha value is -0.770. The summed E-state index contributed by atoms with van der Waals surface area (Å²) in [6.45, 7) is 10.7. The van der Waals surface area contributed by atoms with Gasteiger partial charge in [0.2, 0.25) is 0 Å². The molecule has 0 saturated heterocycles. The fourth-order valence-electron chi connectivity index (χ4n) is 1.07. The lowest BCUT2D eigenvalue weighted by Gasteiger charge is -2.29. The molecule has 96 valence electrons. The summed E-state index contributed by atoms with van der Waals surface area (Å²) in [5.74, 6) is 0. The SMILES string of the molecule is CCC(C)(C)OCCC(C)(C)NC(=O)OC. The third-order valence-corrected chi connectivity index (χ3v) is 2.70. The molecule has 4 heteroatoms. The van der Waals surface area contributed by atoms with Gasteiger partial charge in [0.25, 0.3) is 0 Å². The van der Waals surface area contributed by atoms with Gasteiger partial charge in [0.1, 0.15) is 0 Å². The van der Waals surface area contributed by atoms with Gasteiger partial charge in [0.05, 0.1) is 12.7 Å². The lowest BCUT2D eigenvalue weighted by atomic mass is 10.0. The van der Waals surface area contributed by atoms with Crippen LogP contribution in [0.25, 0.3) is 0 Å². The zero-order valence-corrected chi connectivity index (χ0v) is 11.3. The first kappa shape index (κ1) is 15.2. The summed E-state index contributed by atoms with van der Waals surface area (Å²) in [5.41, 5.74) is -0.405. The van der Waals surface area contributed by atoms with E-state index < -0.39 is 6.09 Å². The number of amides is 1. The molecule has 0 atom stereocenters. The third kappa shape index (κ3) is 6.67. The van der Waals surface area contributed by atoms with Crippen LogP contribution in [0.5, 0.6) is 0 Å². The number of rotatable bonds is 6. The second kappa shape index (κ2) is 6.09. The summed E-state index contributed by atoms with van der Waals surface area (Å²) in [6, 6.07) is 0. The van der Waals surface area contributed by atoms with E-state index in [9.17, 15) is 4.79 Å². The molecule has 0 aliphatic heterocycles. The van der Waals surface area contributed by atoms with Crippen LogP contribution < -0.4 is 5.32 Å². The highest BCUT2D eigenvalue weighted by atomic mass is 16.5. The Bertz CT molecular complexity index is 224. The van der Waals surface area contributed by atoms with Gasteiger partial charge in [-0.05, 0) is 40.5 Å².